The summed E-state index contributed by atoms with van der Waals surface area (Å²) in [5.74, 6) is 2.25. The van der Waals surface area contributed by atoms with Crippen LogP contribution in [0, 0.1) is 5.92 Å². The molecule has 19 heavy (non-hydrogen) atoms. The quantitative estimate of drug-likeness (QED) is 0.889. The zero-order valence-electron chi connectivity index (χ0n) is 12.1. The van der Waals surface area contributed by atoms with Gasteiger partial charge in [0.2, 0.25) is 17.8 Å². The summed E-state index contributed by atoms with van der Waals surface area (Å²) in [6.45, 7) is 7.27. The zero-order valence-corrected chi connectivity index (χ0v) is 12.1. The van der Waals surface area contributed by atoms with Crippen LogP contribution in [0.4, 0.5) is 17.8 Å². The minimum Gasteiger partial charge on any atom is -0.368 e. The highest BCUT2D eigenvalue weighted by Crippen LogP contribution is 2.19. The molecule has 6 nitrogen and oxygen atoms in total. The van der Waals surface area contributed by atoms with Crippen molar-refractivity contribution in [3.05, 3.63) is 0 Å². The Morgan fingerprint density at radius 3 is 2.47 bits per heavy atom. The van der Waals surface area contributed by atoms with E-state index in [1.54, 1.807) is 0 Å². The molecule has 0 unspecified atom stereocenters. The molecule has 1 aliphatic rings. The van der Waals surface area contributed by atoms with Crippen molar-refractivity contribution in [2.24, 2.45) is 5.92 Å². The third kappa shape index (κ3) is 3.68. The van der Waals surface area contributed by atoms with Gasteiger partial charge in [0, 0.05) is 26.7 Å². The number of nitrogens with zero attached hydrogens (tertiary/aromatic N) is 5. The Kier molecular flexibility index (Phi) is 4.39. The molecule has 106 valence electrons. The molecule has 1 aromatic rings. The Morgan fingerprint density at radius 1 is 1.16 bits per heavy atom. The van der Waals surface area contributed by atoms with Crippen LogP contribution in [0.2, 0.25) is 0 Å². The van der Waals surface area contributed by atoms with E-state index in [4.69, 9.17) is 5.73 Å². The lowest BCUT2D eigenvalue weighted by Gasteiger charge is -2.27. The summed E-state index contributed by atoms with van der Waals surface area (Å²) in [5.41, 5.74) is 5.82. The molecular formula is C13H24N6. The summed E-state index contributed by atoms with van der Waals surface area (Å²) >= 11 is 0. The fourth-order valence-corrected chi connectivity index (χ4v) is 2.40. The van der Waals surface area contributed by atoms with Gasteiger partial charge in [-0.2, -0.15) is 15.0 Å². The minimum absolute atomic E-state index is 0.307. The second kappa shape index (κ2) is 6.04. The molecule has 2 heterocycles. The maximum Gasteiger partial charge on any atom is 0.231 e. The molecule has 0 spiro atoms. The average molecular weight is 264 g/mol. The van der Waals surface area contributed by atoms with Crippen molar-refractivity contribution in [1.82, 2.24) is 15.0 Å². The van der Waals surface area contributed by atoms with Gasteiger partial charge in [0.15, 0.2) is 0 Å². The second-order valence-corrected chi connectivity index (χ2v) is 5.62. The molecule has 1 fully saturated rings. The number of nitrogen functional groups attached to an aromatic ring is 1. The standard InChI is InChI=1S/C13H24N6/c1-10(2)9-18(3)12-15-11(14)16-13(17-12)19-7-5-4-6-8-19/h10H,4-9H2,1-3H3,(H2,14,15,16,17). The van der Waals surface area contributed by atoms with Crippen LogP contribution in [-0.2, 0) is 0 Å². The van der Waals surface area contributed by atoms with E-state index in [-0.39, 0.29) is 0 Å². The van der Waals surface area contributed by atoms with E-state index in [2.05, 4.69) is 33.7 Å². The molecule has 2 N–H and O–H groups in total. The highest BCUT2D eigenvalue weighted by Gasteiger charge is 2.17. The van der Waals surface area contributed by atoms with Gasteiger partial charge in [-0.15, -0.1) is 0 Å². The molecule has 1 saturated heterocycles. The van der Waals surface area contributed by atoms with Gasteiger partial charge in [-0.25, -0.2) is 0 Å². The molecule has 1 aromatic heterocycles. The monoisotopic (exact) mass is 264 g/mol. The zero-order chi connectivity index (χ0) is 13.8. The van der Waals surface area contributed by atoms with Gasteiger partial charge < -0.3 is 15.5 Å². The Bertz CT molecular complexity index is 414. The SMILES string of the molecule is CC(C)CN(C)c1nc(N)nc(N2CCCCC2)n1. The molecular weight excluding hydrogens is 240 g/mol. The van der Waals surface area contributed by atoms with Crippen molar-refractivity contribution in [3.63, 3.8) is 0 Å². The Balaban J connectivity index is 2.18. The van der Waals surface area contributed by atoms with Crippen molar-refractivity contribution in [2.45, 2.75) is 33.1 Å². The first kappa shape index (κ1) is 13.8. The predicted molar refractivity (Wildman–Crippen MR) is 78.4 cm³/mol. The lowest BCUT2D eigenvalue weighted by Crippen LogP contribution is -2.32. The Morgan fingerprint density at radius 2 is 1.84 bits per heavy atom. The third-order valence-corrected chi connectivity index (χ3v) is 3.25. The summed E-state index contributed by atoms with van der Waals surface area (Å²) in [4.78, 5) is 17.3. The van der Waals surface area contributed by atoms with Crippen LogP contribution in [0.15, 0.2) is 0 Å². The summed E-state index contributed by atoms with van der Waals surface area (Å²) in [6, 6.07) is 0. The first-order chi connectivity index (χ1) is 9.06. The van der Waals surface area contributed by atoms with E-state index in [1.165, 1.54) is 19.3 Å². The second-order valence-electron chi connectivity index (χ2n) is 5.62. The van der Waals surface area contributed by atoms with Crippen LogP contribution in [0.1, 0.15) is 33.1 Å². The van der Waals surface area contributed by atoms with Gasteiger partial charge in [-0.1, -0.05) is 13.8 Å². The maximum atomic E-state index is 5.82. The van der Waals surface area contributed by atoms with Gasteiger partial charge >= 0.3 is 0 Å². The van der Waals surface area contributed by atoms with E-state index in [9.17, 15) is 0 Å². The topological polar surface area (TPSA) is 71.2 Å². The maximum absolute atomic E-state index is 5.82. The average Bonchev–Trinajstić information content (AvgIpc) is 2.38. The summed E-state index contributed by atoms with van der Waals surface area (Å²) < 4.78 is 0. The summed E-state index contributed by atoms with van der Waals surface area (Å²) in [7, 11) is 1.99. The van der Waals surface area contributed by atoms with Gasteiger partial charge in [-0.3, -0.25) is 0 Å². The van der Waals surface area contributed by atoms with Crippen molar-refractivity contribution < 1.29 is 0 Å². The van der Waals surface area contributed by atoms with Crippen LogP contribution in [-0.4, -0.2) is 41.6 Å². The van der Waals surface area contributed by atoms with Crippen LogP contribution in [0.25, 0.3) is 0 Å². The molecule has 2 rings (SSSR count). The fraction of sp³-hybridized carbons (Fsp3) is 0.769. The predicted octanol–water partition coefficient (Wildman–Crippen LogP) is 1.54. The van der Waals surface area contributed by atoms with E-state index in [1.807, 2.05) is 11.9 Å². The summed E-state index contributed by atoms with van der Waals surface area (Å²) in [6.07, 6.45) is 3.68. The number of hydrogen-bond donors (Lipinski definition) is 1. The van der Waals surface area contributed by atoms with Crippen molar-refractivity contribution in [3.8, 4) is 0 Å². The first-order valence-electron chi connectivity index (χ1n) is 7.04. The molecule has 0 radical (unpaired) electrons. The van der Waals surface area contributed by atoms with Crippen LogP contribution in [0.3, 0.4) is 0 Å². The highest BCUT2D eigenvalue weighted by atomic mass is 15.3. The van der Waals surface area contributed by atoms with Gasteiger partial charge in [-0.05, 0) is 25.2 Å². The van der Waals surface area contributed by atoms with E-state index < -0.39 is 0 Å². The lowest BCUT2D eigenvalue weighted by atomic mass is 10.1. The number of hydrogen-bond acceptors (Lipinski definition) is 6. The lowest BCUT2D eigenvalue weighted by molar-refractivity contribution is 0.566. The fourth-order valence-electron chi connectivity index (χ4n) is 2.40. The molecule has 6 heteroatoms. The van der Waals surface area contributed by atoms with Crippen molar-refractivity contribution >= 4 is 17.8 Å². The van der Waals surface area contributed by atoms with Crippen LogP contribution in [0.5, 0.6) is 0 Å². The van der Waals surface area contributed by atoms with Crippen molar-refractivity contribution in [1.29, 1.82) is 0 Å². The number of aromatic nitrogens is 3. The number of rotatable bonds is 4. The normalized spacial score (nSPS) is 15.9. The summed E-state index contributed by atoms with van der Waals surface area (Å²) in [5, 5.41) is 0. The molecule has 1 aliphatic heterocycles. The first-order valence-corrected chi connectivity index (χ1v) is 7.04. The van der Waals surface area contributed by atoms with E-state index >= 15 is 0 Å². The molecule has 0 bridgehead atoms. The van der Waals surface area contributed by atoms with E-state index in [0.717, 1.165) is 25.6 Å². The largest absolute Gasteiger partial charge is 0.368 e. The van der Waals surface area contributed by atoms with Crippen LogP contribution < -0.4 is 15.5 Å². The smallest absolute Gasteiger partial charge is 0.231 e. The number of anilines is 3. The molecule has 0 atom stereocenters. The number of nitrogens with two attached hydrogens (primary N) is 1. The highest BCUT2D eigenvalue weighted by molar-refractivity contribution is 5.43. The molecule has 0 aliphatic carbocycles. The molecule has 0 saturated carbocycles. The van der Waals surface area contributed by atoms with Crippen molar-refractivity contribution in [2.75, 3.05) is 42.2 Å². The molecule has 0 aromatic carbocycles. The molecule has 0 amide bonds. The minimum atomic E-state index is 0.307. The Labute approximate surface area is 115 Å². The van der Waals surface area contributed by atoms with Gasteiger partial charge in [0.25, 0.3) is 0 Å². The van der Waals surface area contributed by atoms with Gasteiger partial charge in [0.1, 0.15) is 0 Å². The van der Waals surface area contributed by atoms with E-state index in [0.29, 0.717) is 17.8 Å². The Hall–Kier alpha value is -1.59. The van der Waals surface area contributed by atoms with Crippen LogP contribution >= 0.6 is 0 Å². The third-order valence-electron chi connectivity index (χ3n) is 3.25. The number of piperidine rings is 1. The van der Waals surface area contributed by atoms with Gasteiger partial charge in [0.05, 0.1) is 0 Å².